The second kappa shape index (κ2) is 9.43. The number of hydrogen-bond donors (Lipinski definition) is 2. The number of H-pyrrole nitrogens is 1. The third-order valence-corrected chi connectivity index (χ3v) is 9.00. The summed E-state index contributed by atoms with van der Waals surface area (Å²) in [5.41, 5.74) is 1.84. The monoisotopic (exact) mass is 475 g/mol. The molecule has 0 saturated carbocycles. The van der Waals surface area contributed by atoms with E-state index in [-0.39, 0.29) is 23.0 Å². The summed E-state index contributed by atoms with van der Waals surface area (Å²) in [6, 6.07) is 10.1. The topological polar surface area (TPSA) is 109 Å². The summed E-state index contributed by atoms with van der Waals surface area (Å²) >= 11 is 1.09. The SMILES string of the molecule is COC(=O)[C@@H](Cc1c[nH]c2ccccc12)NC(=O)Cc1ccc(S(=O)(=O)N2CCCC2)s1. The van der Waals surface area contributed by atoms with Crippen LogP contribution in [0.3, 0.4) is 0 Å². The first-order chi connectivity index (χ1) is 15.4. The van der Waals surface area contributed by atoms with Crippen LogP contribution < -0.4 is 5.32 Å². The van der Waals surface area contributed by atoms with Crippen molar-refractivity contribution in [1.82, 2.24) is 14.6 Å². The molecule has 0 radical (unpaired) electrons. The van der Waals surface area contributed by atoms with E-state index in [1.54, 1.807) is 12.1 Å². The number of sulfonamides is 1. The molecular formula is C22H25N3O5S2. The zero-order valence-corrected chi connectivity index (χ0v) is 19.3. The van der Waals surface area contributed by atoms with Crippen molar-refractivity contribution in [1.29, 1.82) is 0 Å². The molecule has 1 aliphatic heterocycles. The smallest absolute Gasteiger partial charge is 0.328 e. The van der Waals surface area contributed by atoms with E-state index in [4.69, 9.17) is 4.74 Å². The van der Waals surface area contributed by atoms with E-state index in [2.05, 4.69) is 10.3 Å². The van der Waals surface area contributed by atoms with Crippen LogP contribution in [0.25, 0.3) is 10.9 Å². The first kappa shape index (κ1) is 22.5. The van der Waals surface area contributed by atoms with E-state index >= 15 is 0 Å². The summed E-state index contributed by atoms with van der Waals surface area (Å²) in [6.45, 7) is 1.06. The Hall–Kier alpha value is -2.69. The Morgan fingerprint density at radius 3 is 2.69 bits per heavy atom. The number of nitrogens with zero attached hydrogens (tertiary/aromatic N) is 1. The Bertz CT molecular complexity index is 1230. The molecule has 8 nitrogen and oxygen atoms in total. The van der Waals surface area contributed by atoms with E-state index in [1.165, 1.54) is 11.4 Å². The summed E-state index contributed by atoms with van der Waals surface area (Å²) in [4.78, 5) is 28.8. The molecule has 2 aromatic heterocycles. The fourth-order valence-electron chi connectivity index (χ4n) is 3.91. The van der Waals surface area contributed by atoms with Crippen molar-refractivity contribution in [2.75, 3.05) is 20.2 Å². The zero-order chi connectivity index (χ0) is 22.7. The number of nitrogens with one attached hydrogen (secondary N) is 2. The van der Waals surface area contributed by atoms with Crippen LogP contribution >= 0.6 is 11.3 Å². The summed E-state index contributed by atoms with van der Waals surface area (Å²) in [5, 5.41) is 3.72. The summed E-state index contributed by atoms with van der Waals surface area (Å²) in [6.07, 6.45) is 3.82. The normalized spacial score (nSPS) is 15.7. The number of methoxy groups -OCH3 is 1. The van der Waals surface area contributed by atoms with Gasteiger partial charge < -0.3 is 15.0 Å². The number of fused-ring (bicyclic) bond motifs is 1. The Labute approximate surface area is 190 Å². The molecule has 2 N–H and O–H groups in total. The number of rotatable bonds is 8. The Balaban J connectivity index is 1.44. The number of para-hydroxylation sites is 1. The number of carbonyl (C=O) groups excluding carboxylic acids is 2. The highest BCUT2D eigenvalue weighted by atomic mass is 32.2. The maximum Gasteiger partial charge on any atom is 0.328 e. The molecule has 1 amide bonds. The Kier molecular flexibility index (Phi) is 6.63. The van der Waals surface area contributed by atoms with Crippen LogP contribution in [0.15, 0.2) is 46.8 Å². The van der Waals surface area contributed by atoms with Gasteiger partial charge in [-0.3, -0.25) is 4.79 Å². The highest BCUT2D eigenvalue weighted by Gasteiger charge is 2.29. The predicted molar refractivity (Wildman–Crippen MR) is 122 cm³/mol. The summed E-state index contributed by atoms with van der Waals surface area (Å²) in [5.74, 6) is -0.903. The molecule has 0 aliphatic carbocycles. The quantitative estimate of drug-likeness (QED) is 0.487. The number of aromatic nitrogens is 1. The van der Waals surface area contributed by atoms with Gasteiger partial charge in [0.15, 0.2) is 0 Å². The first-order valence-electron chi connectivity index (χ1n) is 10.4. The Morgan fingerprint density at radius 2 is 1.94 bits per heavy atom. The van der Waals surface area contributed by atoms with Crippen LogP contribution in [0.5, 0.6) is 0 Å². The molecule has 10 heteroatoms. The molecule has 32 heavy (non-hydrogen) atoms. The lowest BCUT2D eigenvalue weighted by Gasteiger charge is -2.16. The number of benzene rings is 1. The average molecular weight is 476 g/mol. The second-order valence-corrected chi connectivity index (χ2v) is 11.0. The number of hydrogen-bond acceptors (Lipinski definition) is 6. The lowest BCUT2D eigenvalue weighted by Crippen LogP contribution is -2.43. The molecule has 1 aliphatic rings. The molecular weight excluding hydrogens is 450 g/mol. The minimum atomic E-state index is -3.51. The number of esters is 1. The minimum absolute atomic E-state index is 0.0123. The molecule has 1 aromatic carbocycles. The molecule has 3 heterocycles. The molecule has 0 bridgehead atoms. The Morgan fingerprint density at radius 1 is 1.19 bits per heavy atom. The molecule has 0 unspecified atom stereocenters. The van der Waals surface area contributed by atoms with Gasteiger partial charge in [0.25, 0.3) is 10.0 Å². The molecule has 1 atom stereocenters. The third-order valence-electron chi connectivity index (χ3n) is 5.55. The fourth-order valence-corrected chi connectivity index (χ4v) is 6.93. The van der Waals surface area contributed by atoms with Gasteiger partial charge in [0, 0.05) is 41.5 Å². The van der Waals surface area contributed by atoms with E-state index < -0.39 is 22.0 Å². The van der Waals surface area contributed by atoms with Crippen molar-refractivity contribution in [2.24, 2.45) is 0 Å². The van der Waals surface area contributed by atoms with Crippen LogP contribution in [-0.4, -0.2) is 55.8 Å². The number of ether oxygens (including phenoxy) is 1. The first-order valence-corrected chi connectivity index (χ1v) is 12.6. The molecule has 4 rings (SSSR count). The van der Waals surface area contributed by atoms with Crippen molar-refractivity contribution >= 4 is 44.1 Å². The lowest BCUT2D eigenvalue weighted by molar-refractivity contribution is -0.145. The molecule has 1 fully saturated rings. The van der Waals surface area contributed by atoms with Gasteiger partial charge >= 0.3 is 5.97 Å². The standard InChI is InChI=1S/C22H25N3O5S2/c1-30-22(27)19(12-15-14-23-18-7-3-2-6-17(15)18)24-20(26)13-16-8-9-21(31-16)32(28,29)25-10-4-5-11-25/h2-3,6-9,14,19,23H,4-5,10-13H2,1H3,(H,24,26)/t19-/m1/s1. The van der Waals surface area contributed by atoms with Crippen molar-refractivity contribution in [3.63, 3.8) is 0 Å². The van der Waals surface area contributed by atoms with Gasteiger partial charge in [-0.2, -0.15) is 4.31 Å². The second-order valence-electron chi connectivity index (χ2n) is 7.72. The van der Waals surface area contributed by atoms with Gasteiger partial charge in [0.2, 0.25) is 5.91 Å². The van der Waals surface area contributed by atoms with Gasteiger partial charge in [0.05, 0.1) is 13.5 Å². The van der Waals surface area contributed by atoms with Crippen LogP contribution in [0.2, 0.25) is 0 Å². The van der Waals surface area contributed by atoms with Crippen LogP contribution in [0.4, 0.5) is 0 Å². The highest BCUT2D eigenvalue weighted by molar-refractivity contribution is 7.91. The molecule has 1 saturated heterocycles. The largest absolute Gasteiger partial charge is 0.467 e. The van der Waals surface area contributed by atoms with Crippen LogP contribution in [0.1, 0.15) is 23.3 Å². The van der Waals surface area contributed by atoms with E-state index in [0.29, 0.717) is 18.0 Å². The van der Waals surface area contributed by atoms with Crippen molar-refractivity contribution in [2.45, 2.75) is 35.9 Å². The highest BCUT2D eigenvalue weighted by Crippen LogP contribution is 2.27. The minimum Gasteiger partial charge on any atom is -0.467 e. The number of carbonyl (C=O) groups is 2. The summed E-state index contributed by atoms with van der Waals surface area (Å²) in [7, 11) is -2.22. The van der Waals surface area contributed by atoms with Crippen LogP contribution in [-0.2, 0) is 37.2 Å². The van der Waals surface area contributed by atoms with Gasteiger partial charge in [-0.1, -0.05) is 18.2 Å². The van der Waals surface area contributed by atoms with Crippen molar-refractivity contribution in [3.8, 4) is 0 Å². The fraction of sp³-hybridized carbons (Fsp3) is 0.364. The maximum absolute atomic E-state index is 12.7. The van der Waals surface area contributed by atoms with Gasteiger partial charge in [-0.25, -0.2) is 13.2 Å². The van der Waals surface area contributed by atoms with Gasteiger partial charge in [-0.05, 0) is 36.6 Å². The molecule has 3 aromatic rings. The zero-order valence-electron chi connectivity index (χ0n) is 17.7. The van der Waals surface area contributed by atoms with E-state index in [0.717, 1.165) is 40.6 Å². The van der Waals surface area contributed by atoms with E-state index in [9.17, 15) is 18.0 Å². The maximum atomic E-state index is 12.7. The predicted octanol–water partition coefficient (Wildman–Crippen LogP) is 2.46. The van der Waals surface area contributed by atoms with Crippen molar-refractivity contribution in [3.05, 3.63) is 53.0 Å². The average Bonchev–Trinajstić information content (AvgIpc) is 3.54. The van der Waals surface area contributed by atoms with Gasteiger partial charge in [-0.15, -0.1) is 11.3 Å². The van der Waals surface area contributed by atoms with E-state index in [1.807, 2.05) is 30.5 Å². The van der Waals surface area contributed by atoms with Gasteiger partial charge in [0.1, 0.15) is 10.3 Å². The molecule has 0 spiro atoms. The van der Waals surface area contributed by atoms with Crippen LogP contribution in [0, 0.1) is 0 Å². The number of aromatic amines is 1. The lowest BCUT2D eigenvalue weighted by atomic mass is 10.0. The molecule has 170 valence electrons. The van der Waals surface area contributed by atoms with Crippen molar-refractivity contribution < 1.29 is 22.7 Å². The number of thiophene rings is 1. The summed E-state index contributed by atoms with van der Waals surface area (Å²) < 4.78 is 32.0. The third kappa shape index (κ3) is 4.72. The number of amides is 1.